The molecule has 2 aromatic carbocycles. The topological polar surface area (TPSA) is 76.7 Å². The highest BCUT2D eigenvalue weighted by Gasteiger charge is 2.14. The number of fused-ring (bicyclic) bond motifs is 2. The predicted octanol–water partition coefficient (Wildman–Crippen LogP) is 2.83. The van der Waals surface area contributed by atoms with Crippen LogP contribution in [0, 0.1) is 0 Å². The van der Waals surface area contributed by atoms with E-state index in [1.54, 1.807) is 25.1 Å². The van der Waals surface area contributed by atoms with E-state index in [0.717, 1.165) is 0 Å². The Hall–Kier alpha value is -2.82. The number of benzene rings is 2. The lowest BCUT2D eigenvalue weighted by Gasteiger charge is -2.05. The molecule has 0 unspecified atom stereocenters. The SMILES string of the molecule is CCOC(=O)c1ccc2oc3cccc(O)c3c(=O)c2c1. The maximum absolute atomic E-state index is 12.5. The lowest BCUT2D eigenvalue weighted by Crippen LogP contribution is -2.07. The van der Waals surface area contributed by atoms with Gasteiger partial charge < -0.3 is 14.3 Å². The van der Waals surface area contributed by atoms with Crippen LogP contribution in [0.3, 0.4) is 0 Å². The smallest absolute Gasteiger partial charge is 0.338 e. The van der Waals surface area contributed by atoms with Crippen molar-refractivity contribution >= 4 is 27.9 Å². The van der Waals surface area contributed by atoms with Crippen molar-refractivity contribution in [2.45, 2.75) is 6.92 Å². The molecule has 0 bridgehead atoms. The van der Waals surface area contributed by atoms with E-state index in [1.165, 1.54) is 18.2 Å². The second kappa shape index (κ2) is 4.94. The van der Waals surface area contributed by atoms with Gasteiger partial charge in [-0.15, -0.1) is 0 Å². The molecule has 0 fully saturated rings. The fraction of sp³-hybridized carbons (Fsp3) is 0.125. The lowest BCUT2D eigenvalue weighted by atomic mass is 10.1. The lowest BCUT2D eigenvalue weighted by molar-refractivity contribution is 0.0526. The number of rotatable bonds is 2. The number of carbonyl (C=O) groups excluding carboxylic acids is 1. The van der Waals surface area contributed by atoms with Gasteiger partial charge in [-0.1, -0.05) is 6.07 Å². The number of phenolic OH excluding ortho intramolecular Hbond substituents is 1. The van der Waals surface area contributed by atoms with E-state index < -0.39 is 5.97 Å². The van der Waals surface area contributed by atoms with Crippen LogP contribution in [0.5, 0.6) is 5.75 Å². The highest BCUT2D eigenvalue weighted by molar-refractivity contribution is 5.97. The summed E-state index contributed by atoms with van der Waals surface area (Å²) < 4.78 is 10.5. The molecule has 3 aromatic rings. The molecule has 106 valence electrons. The van der Waals surface area contributed by atoms with Crippen LogP contribution in [0.25, 0.3) is 21.9 Å². The van der Waals surface area contributed by atoms with E-state index in [1.807, 2.05) is 0 Å². The Morgan fingerprint density at radius 1 is 1.24 bits per heavy atom. The van der Waals surface area contributed by atoms with E-state index in [9.17, 15) is 14.7 Å². The first kappa shape index (κ1) is 13.2. The molecular formula is C16H12O5. The fourth-order valence-electron chi connectivity index (χ4n) is 2.22. The molecule has 0 saturated carbocycles. The van der Waals surface area contributed by atoms with Gasteiger partial charge in [-0.2, -0.15) is 0 Å². The van der Waals surface area contributed by atoms with Crippen LogP contribution >= 0.6 is 0 Å². The maximum atomic E-state index is 12.5. The van der Waals surface area contributed by atoms with Crippen LogP contribution in [-0.4, -0.2) is 17.7 Å². The number of hydrogen-bond donors (Lipinski definition) is 1. The molecule has 3 rings (SSSR count). The highest BCUT2D eigenvalue weighted by Crippen LogP contribution is 2.25. The van der Waals surface area contributed by atoms with Gasteiger partial charge in [-0.25, -0.2) is 4.79 Å². The molecule has 1 aromatic heterocycles. The van der Waals surface area contributed by atoms with Crippen LogP contribution in [0.15, 0.2) is 45.6 Å². The summed E-state index contributed by atoms with van der Waals surface area (Å²) in [6, 6.07) is 9.13. The van der Waals surface area contributed by atoms with Crippen LogP contribution in [-0.2, 0) is 4.74 Å². The molecule has 0 aliphatic rings. The minimum Gasteiger partial charge on any atom is -0.507 e. The van der Waals surface area contributed by atoms with Gasteiger partial charge in [0, 0.05) is 0 Å². The van der Waals surface area contributed by atoms with E-state index in [-0.39, 0.29) is 34.1 Å². The van der Waals surface area contributed by atoms with Gasteiger partial charge in [-0.05, 0) is 37.3 Å². The zero-order valence-corrected chi connectivity index (χ0v) is 11.3. The van der Waals surface area contributed by atoms with Crippen molar-refractivity contribution in [1.29, 1.82) is 0 Å². The molecular weight excluding hydrogens is 272 g/mol. The minimum absolute atomic E-state index is 0.103. The van der Waals surface area contributed by atoms with Crippen LogP contribution in [0.1, 0.15) is 17.3 Å². The van der Waals surface area contributed by atoms with Crippen LogP contribution in [0.2, 0.25) is 0 Å². The number of esters is 1. The molecule has 1 heterocycles. The Kier molecular flexibility index (Phi) is 3.10. The summed E-state index contributed by atoms with van der Waals surface area (Å²) in [6.07, 6.45) is 0. The number of ether oxygens (including phenoxy) is 1. The number of hydrogen-bond acceptors (Lipinski definition) is 5. The summed E-state index contributed by atoms with van der Waals surface area (Å²) in [6.45, 7) is 1.96. The van der Waals surface area contributed by atoms with Crippen LogP contribution < -0.4 is 5.43 Å². The second-order valence-corrected chi connectivity index (χ2v) is 4.51. The molecule has 0 saturated heterocycles. The first-order valence-electron chi connectivity index (χ1n) is 6.47. The van der Waals surface area contributed by atoms with Gasteiger partial charge in [0.25, 0.3) is 0 Å². The van der Waals surface area contributed by atoms with Gasteiger partial charge in [0.2, 0.25) is 5.43 Å². The first-order valence-corrected chi connectivity index (χ1v) is 6.47. The summed E-state index contributed by atoms with van der Waals surface area (Å²) in [4.78, 5) is 24.2. The average Bonchev–Trinajstić information content (AvgIpc) is 2.47. The van der Waals surface area contributed by atoms with Crippen LogP contribution in [0.4, 0.5) is 0 Å². The Balaban J connectivity index is 2.33. The summed E-state index contributed by atoms with van der Waals surface area (Å²) >= 11 is 0. The number of phenols is 1. The third kappa shape index (κ3) is 2.12. The van der Waals surface area contributed by atoms with E-state index in [0.29, 0.717) is 11.2 Å². The molecule has 5 heteroatoms. The number of carbonyl (C=O) groups is 1. The van der Waals surface area contributed by atoms with E-state index >= 15 is 0 Å². The van der Waals surface area contributed by atoms with Gasteiger partial charge in [-0.3, -0.25) is 4.79 Å². The van der Waals surface area contributed by atoms with Gasteiger partial charge in [0.15, 0.2) is 0 Å². The molecule has 0 radical (unpaired) electrons. The Labute approximate surface area is 119 Å². The highest BCUT2D eigenvalue weighted by atomic mass is 16.5. The third-order valence-corrected chi connectivity index (χ3v) is 3.19. The Bertz CT molecular complexity index is 908. The normalized spacial score (nSPS) is 10.9. The molecule has 21 heavy (non-hydrogen) atoms. The van der Waals surface area contributed by atoms with Gasteiger partial charge >= 0.3 is 5.97 Å². The van der Waals surface area contributed by atoms with Gasteiger partial charge in [0.1, 0.15) is 22.3 Å². The second-order valence-electron chi connectivity index (χ2n) is 4.51. The minimum atomic E-state index is -0.504. The zero-order chi connectivity index (χ0) is 15.0. The Morgan fingerprint density at radius 2 is 2.05 bits per heavy atom. The van der Waals surface area contributed by atoms with Crippen molar-refractivity contribution in [3.63, 3.8) is 0 Å². The predicted molar refractivity (Wildman–Crippen MR) is 77.6 cm³/mol. The largest absolute Gasteiger partial charge is 0.507 e. The molecule has 5 nitrogen and oxygen atoms in total. The van der Waals surface area contributed by atoms with Gasteiger partial charge in [0.05, 0.1) is 17.6 Å². The van der Waals surface area contributed by atoms with Crippen molar-refractivity contribution in [3.8, 4) is 5.75 Å². The first-order chi connectivity index (χ1) is 10.1. The van der Waals surface area contributed by atoms with Crippen molar-refractivity contribution in [1.82, 2.24) is 0 Å². The van der Waals surface area contributed by atoms with Crippen molar-refractivity contribution in [3.05, 3.63) is 52.2 Å². The standard InChI is InChI=1S/C16H12O5/c1-2-20-16(19)9-6-7-12-10(8-9)15(18)14-11(17)4-3-5-13(14)21-12/h3-8,17H,2H2,1H3. The molecule has 1 N–H and O–H groups in total. The molecule has 0 atom stereocenters. The van der Waals surface area contributed by atoms with Crippen molar-refractivity contribution in [2.75, 3.05) is 6.61 Å². The summed E-state index contributed by atoms with van der Waals surface area (Å²) in [5, 5.41) is 10.2. The van der Waals surface area contributed by atoms with E-state index in [2.05, 4.69) is 0 Å². The van der Waals surface area contributed by atoms with E-state index in [4.69, 9.17) is 9.15 Å². The molecule has 0 amide bonds. The zero-order valence-electron chi connectivity index (χ0n) is 11.3. The van der Waals surface area contributed by atoms with Crippen molar-refractivity contribution < 1.29 is 19.1 Å². The maximum Gasteiger partial charge on any atom is 0.338 e. The quantitative estimate of drug-likeness (QED) is 0.578. The summed E-state index contributed by atoms with van der Waals surface area (Å²) in [5.41, 5.74) is 0.546. The summed E-state index contributed by atoms with van der Waals surface area (Å²) in [7, 11) is 0. The molecule has 0 aliphatic heterocycles. The van der Waals surface area contributed by atoms with Crippen molar-refractivity contribution in [2.24, 2.45) is 0 Å². The summed E-state index contributed by atoms with van der Waals surface area (Å²) in [5.74, 6) is -0.652. The monoisotopic (exact) mass is 284 g/mol. The average molecular weight is 284 g/mol. The Morgan fingerprint density at radius 3 is 2.81 bits per heavy atom. The number of aromatic hydroxyl groups is 1. The fourth-order valence-corrected chi connectivity index (χ4v) is 2.22. The molecule has 0 spiro atoms. The third-order valence-electron chi connectivity index (χ3n) is 3.19. The molecule has 0 aliphatic carbocycles.